The van der Waals surface area contributed by atoms with Crippen molar-refractivity contribution in [1.82, 2.24) is 10.2 Å². The topological polar surface area (TPSA) is 77.1 Å². The van der Waals surface area contributed by atoms with Gasteiger partial charge in [-0.2, -0.15) is 0 Å². The molecule has 3 rings (SSSR count). The molecule has 1 aliphatic carbocycles. The van der Waals surface area contributed by atoms with Crippen molar-refractivity contribution in [1.29, 1.82) is 0 Å². The SMILES string of the molecule is CC1CCC(NC(=O)OC(C)(C)C)(C(=O)N2CCC3(CC2)OCCO3)CC1. The summed E-state index contributed by atoms with van der Waals surface area (Å²) in [5.41, 5.74) is -1.46. The fourth-order valence-electron chi connectivity index (χ4n) is 4.29. The molecule has 7 heteroatoms. The summed E-state index contributed by atoms with van der Waals surface area (Å²) in [5.74, 6) is 0.0632. The van der Waals surface area contributed by atoms with Crippen LogP contribution >= 0.6 is 0 Å². The minimum Gasteiger partial charge on any atom is -0.444 e. The Morgan fingerprint density at radius 2 is 1.59 bits per heavy atom. The number of amides is 2. The highest BCUT2D eigenvalue weighted by molar-refractivity contribution is 5.90. The van der Waals surface area contributed by atoms with E-state index >= 15 is 0 Å². The van der Waals surface area contributed by atoms with Crippen molar-refractivity contribution in [2.24, 2.45) is 5.92 Å². The van der Waals surface area contributed by atoms with E-state index in [1.54, 1.807) is 0 Å². The molecular weight excluding hydrogens is 348 g/mol. The number of hydrogen-bond donors (Lipinski definition) is 1. The van der Waals surface area contributed by atoms with E-state index in [1.807, 2.05) is 25.7 Å². The molecular formula is C20H34N2O5. The zero-order chi connectivity index (χ0) is 19.7. The van der Waals surface area contributed by atoms with Gasteiger partial charge in [0.2, 0.25) is 5.91 Å². The van der Waals surface area contributed by atoms with Gasteiger partial charge in [0.1, 0.15) is 11.1 Å². The molecule has 1 spiro atoms. The predicted octanol–water partition coefficient (Wildman–Crippen LogP) is 2.83. The molecule has 7 nitrogen and oxygen atoms in total. The Kier molecular flexibility index (Phi) is 5.73. The second kappa shape index (κ2) is 7.59. The molecule has 2 aliphatic heterocycles. The number of hydrogen-bond acceptors (Lipinski definition) is 5. The predicted molar refractivity (Wildman–Crippen MR) is 100 cm³/mol. The van der Waals surface area contributed by atoms with Gasteiger partial charge in [-0.1, -0.05) is 6.92 Å². The van der Waals surface area contributed by atoms with Gasteiger partial charge in [0, 0.05) is 25.9 Å². The average Bonchev–Trinajstić information content (AvgIpc) is 3.04. The van der Waals surface area contributed by atoms with Crippen molar-refractivity contribution >= 4 is 12.0 Å². The highest BCUT2D eigenvalue weighted by atomic mass is 16.7. The third-order valence-corrected chi connectivity index (χ3v) is 5.90. The zero-order valence-corrected chi connectivity index (χ0v) is 17.1. The molecule has 2 saturated heterocycles. The summed E-state index contributed by atoms with van der Waals surface area (Å²) in [7, 11) is 0. The number of ether oxygens (including phenoxy) is 3. The number of nitrogens with one attached hydrogen (secondary N) is 1. The monoisotopic (exact) mass is 382 g/mol. The molecule has 0 aromatic carbocycles. The van der Waals surface area contributed by atoms with Crippen LogP contribution in [0.25, 0.3) is 0 Å². The molecule has 154 valence electrons. The van der Waals surface area contributed by atoms with Crippen LogP contribution in [0.15, 0.2) is 0 Å². The van der Waals surface area contributed by atoms with Crippen LogP contribution in [0, 0.1) is 5.92 Å². The number of alkyl carbamates (subject to hydrolysis) is 1. The Morgan fingerprint density at radius 3 is 2.11 bits per heavy atom. The van der Waals surface area contributed by atoms with Crippen LogP contribution in [0.1, 0.15) is 66.2 Å². The minimum absolute atomic E-state index is 0.00751. The van der Waals surface area contributed by atoms with Crippen LogP contribution in [0.3, 0.4) is 0 Å². The van der Waals surface area contributed by atoms with E-state index in [1.165, 1.54) is 0 Å². The standard InChI is InChI=1S/C20H34N2O5/c1-15-5-7-19(8-6-15,21-17(24)27-18(2,3)4)16(23)22-11-9-20(10-12-22)25-13-14-26-20/h15H,5-14H2,1-4H3,(H,21,24). The average molecular weight is 383 g/mol. The number of likely N-dealkylation sites (tertiary alicyclic amines) is 1. The molecule has 0 aromatic heterocycles. The molecule has 0 radical (unpaired) electrons. The summed E-state index contributed by atoms with van der Waals surface area (Å²) in [4.78, 5) is 27.8. The quantitative estimate of drug-likeness (QED) is 0.795. The lowest BCUT2D eigenvalue weighted by atomic mass is 9.76. The lowest BCUT2D eigenvalue weighted by Crippen LogP contribution is -2.63. The van der Waals surface area contributed by atoms with E-state index in [0.717, 1.165) is 12.8 Å². The van der Waals surface area contributed by atoms with E-state index in [9.17, 15) is 9.59 Å². The fourth-order valence-corrected chi connectivity index (χ4v) is 4.29. The number of carbonyl (C=O) groups excluding carboxylic acids is 2. The molecule has 0 bridgehead atoms. The zero-order valence-electron chi connectivity index (χ0n) is 17.1. The van der Waals surface area contributed by atoms with Crippen molar-refractivity contribution in [3.8, 4) is 0 Å². The van der Waals surface area contributed by atoms with Crippen molar-refractivity contribution < 1.29 is 23.8 Å². The van der Waals surface area contributed by atoms with Crippen LogP contribution in [0.4, 0.5) is 4.79 Å². The van der Waals surface area contributed by atoms with E-state index in [4.69, 9.17) is 14.2 Å². The second-order valence-electron chi connectivity index (χ2n) is 9.29. The van der Waals surface area contributed by atoms with Crippen molar-refractivity contribution in [3.63, 3.8) is 0 Å². The number of nitrogens with zero attached hydrogens (tertiary/aromatic N) is 1. The fraction of sp³-hybridized carbons (Fsp3) is 0.900. The summed E-state index contributed by atoms with van der Waals surface area (Å²) in [5, 5.41) is 2.95. The van der Waals surface area contributed by atoms with Gasteiger partial charge < -0.3 is 24.4 Å². The minimum atomic E-state index is -0.864. The summed E-state index contributed by atoms with van der Waals surface area (Å²) in [6.45, 7) is 10.1. The van der Waals surface area contributed by atoms with Gasteiger partial charge in [-0.15, -0.1) is 0 Å². The third kappa shape index (κ3) is 4.74. The van der Waals surface area contributed by atoms with Crippen LogP contribution in [-0.4, -0.2) is 60.1 Å². The van der Waals surface area contributed by atoms with Crippen molar-refractivity contribution in [2.75, 3.05) is 26.3 Å². The Balaban J connectivity index is 1.69. The molecule has 3 aliphatic rings. The summed E-state index contributed by atoms with van der Waals surface area (Å²) in [6.07, 6.45) is 4.00. The first-order valence-electron chi connectivity index (χ1n) is 10.2. The number of carbonyl (C=O) groups is 2. The van der Waals surface area contributed by atoms with Gasteiger partial charge in [-0.3, -0.25) is 4.79 Å². The van der Waals surface area contributed by atoms with Gasteiger partial charge in [0.05, 0.1) is 13.2 Å². The highest BCUT2D eigenvalue weighted by Crippen LogP contribution is 2.36. The van der Waals surface area contributed by atoms with Gasteiger partial charge in [0.25, 0.3) is 0 Å². The first kappa shape index (κ1) is 20.4. The van der Waals surface area contributed by atoms with E-state index in [-0.39, 0.29) is 5.91 Å². The smallest absolute Gasteiger partial charge is 0.408 e. The van der Waals surface area contributed by atoms with E-state index in [2.05, 4.69) is 12.2 Å². The van der Waals surface area contributed by atoms with Crippen LogP contribution in [0.2, 0.25) is 0 Å². The molecule has 0 unspecified atom stereocenters. The lowest BCUT2D eigenvalue weighted by Gasteiger charge is -2.45. The largest absolute Gasteiger partial charge is 0.444 e. The molecule has 2 amide bonds. The number of rotatable bonds is 2. The van der Waals surface area contributed by atoms with Gasteiger partial charge in [0.15, 0.2) is 5.79 Å². The molecule has 0 aromatic rings. The normalized spacial score (nSPS) is 31.0. The Labute approximate surface area is 162 Å². The maximum absolute atomic E-state index is 13.5. The van der Waals surface area contributed by atoms with Gasteiger partial charge >= 0.3 is 6.09 Å². The highest BCUT2D eigenvalue weighted by Gasteiger charge is 2.48. The first-order valence-corrected chi connectivity index (χ1v) is 10.2. The van der Waals surface area contributed by atoms with Gasteiger partial charge in [-0.05, 0) is 52.4 Å². The second-order valence-corrected chi connectivity index (χ2v) is 9.29. The molecule has 27 heavy (non-hydrogen) atoms. The van der Waals surface area contributed by atoms with Crippen molar-refractivity contribution in [2.45, 2.75) is 83.1 Å². The Bertz CT molecular complexity index is 547. The van der Waals surface area contributed by atoms with Crippen molar-refractivity contribution in [3.05, 3.63) is 0 Å². The summed E-state index contributed by atoms with van der Waals surface area (Å²) >= 11 is 0. The van der Waals surface area contributed by atoms with E-state index in [0.29, 0.717) is 57.9 Å². The third-order valence-electron chi connectivity index (χ3n) is 5.90. The van der Waals surface area contributed by atoms with Crippen LogP contribution in [0.5, 0.6) is 0 Å². The maximum atomic E-state index is 13.5. The number of piperidine rings is 1. The molecule has 0 atom stereocenters. The first-order chi connectivity index (χ1) is 12.6. The molecule has 3 fully saturated rings. The van der Waals surface area contributed by atoms with Crippen LogP contribution < -0.4 is 5.32 Å². The molecule has 2 heterocycles. The molecule has 1 saturated carbocycles. The maximum Gasteiger partial charge on any atom is 0.408 e. The summed E-state index contributed by atoms with van der Waals surface area (Å²) in [6, 6.07) is 0. The Morgan fingerprint density at radius 1 is 1.04 bits per heavy atom. The lowest BCUT2D eigenvalue weighted by molar-refractivity contribution is -0.189. The Hall–Kier alpha value is -1.34. The summed E-state index contributed by atoms with van der Waals surface area (Å²) < 4.78 is 17.0. The van der Waals surface area contributed by atoms with Crippen LogP contribution in [-0.2, 0) is 19.0 Å². The van der Waals surface area contributed by atoms with E-state index < -0.39 is 23.0 Å². The van der Waals surface area contributed by atoms with Gasteiger partial charge in [-0.25, -0.2) is 4.79 Å². The molecule has 1 N–H and O–H groups in total.